The van der Waals surface area contributed by atoms with Gasteiger partial charge in [-0.15, -0.1) is 0 Å². The Morgan fingerprint density at radius 2 is 2.25 bits per heavy atom. The van der Waals surface area contributed by atoms with Crippen molar-refractivity contribution in [2.24, 2.45) is 0 Å². The van der Waals surface area contributed by atoms with Crippen molar-refractivity contribution in [3.63, 3.8) is 0 Å². The van der Waals surface area contributed by atoms with Gasteiger partial charge in [-0.3, -0.25) is 0 Å². The molecular formula is C13H19ClN2O3S. The molecular weight excluding hydrogens is 300 g/mol. The van der Waals surface area contributed by atoms with Gasteiger partial charge in [-0.1, -0.05) is 17.7 Å². The first-order valence-electron chi connectivity index (χ1n) is 6.50. The molecule has 0 amide bonds. The van der Waals surface area contributed by atoms with E-state index in [2.05, 4.69) is 5.32 Å². The lowest BCUT2D eigenvalue weighted by Crippen LogP contribution is -2.44. The first-order valence-corrected chi connectivity index (χ1v) is 8.31. The summed E-state index contributed by atoms with van der Waals surface area (Å²) >= 11 is 6.13. The molecule has 1 aromatic rings. The van der Waals surface area contributed by atoms with E-state index < -0.39 is 10.0 Å². The van der Waals surface area contributed by atoms with Crippen molar-refractivity contribution in [2.75, 3.05) is 26.7 Å². The van der Waals surface area contributed by atoms with Gasteiger partial charge in [0.15, 0.2) is 0 Å². The van der Waals surface area contributed by atoms with E-state index in [1.54, 1.807) is 12.1 Å². The minimum Gasteiger partial charge on any atom is -0.376 e. The van der Waals surface area contributed by atoms with E-state index in [1.165, 1.54) is 10.4 Å². The van der Waals surface area contributed by atoms with E-state index in [1.807, 2.05) is 14.0 Å². The van der Waals surface area contributed by atoms with E-state index in [9.17, 15) is 8.42 Å². The van der Waals surface area contributed by atoms with E-state index in [0.717, 1.165) is 5.56 Å². The molecule has 0 spiro atoms. The van der Waals surface area contributed by atoms with Crippen LogP contribution >= 0.6 is 11.6 Å². The van der Waals surface area contributed by atoms with Crippen LogP contribution in [0.25, 0.3) is 0 Å². The molecule has 1 saturated heterocycles. The molecule has 1 heterocycles. The molecule has 1 aromatic carbocycles. The first kappa shape index (κ1) is 15.7. The second-order valence-corrected chi connectivity index (χ2v) is 7.17. The molecule has 1 atom stereocenters. The van der Waals surface area contributed by atoms with E-state index in [0.29, 0.717) is 31.3 Å². The van der Waals surface area contributed by atoms with Gasteiger partial charge in [-0.05, 0) is 31.7 Å². The smallest absolute Gasteiger partial charge is 0.243 e. The predicted molar refractivity (Wildman–Crippen MR) is 78.4 cm³/mol. The van der Waals surface area contributed by atoms with Crippen molar-refractivity contribution in [1.82, 2.24) is 9.62 Å². The highest BCUT2D eigenvalue weighted by atomic mass is 35.5. The van der Waals surface area contributed by atoms with Crippen molar-refractivity contribution in [3.8, 4) is 0 Å². The summed E-state index contributed by atoms with van der Waals surface area (Å²) in [5.41, 5.74) is 0.878. The van der Waals surface area contributed by atoms with Gasteiger partial charge in [-0.2, -0.15) is 4.31 Å². The average Bonchev–Trinajstić information content (AvgIpc) is 2.41. The minimum absolute atomic E-state index is 0.0856. The molecule has 1 fully saturated rings. The number of ether oxygens (including phenoxy) is 1. The Balaban J connectivity index is 2.27. The number of rotatable bonds is 4. The highest BCUT2D eigenvalue weighted by Gasteiger charge is 2.29. The number of nitrogens with zero attached hydrogens (tertiary/aromatic N) is 1. The summed E-state index contributed by atoms with van der Waals surface area (Å²) in [5, 5.41) is 3.45. The van der Waals surface area contributed by atoms with Crippen LogP contribution < -0.4 is 5.32 Å². The SMILES string of the molecule is CNCc1ccc(S(=O)(=O)N2CCOC(C)C2)cc1Cl. The molecule has 0 saturated carbocycles. The zero-order valence-corrected chi connectivity index (χ0v) is 13.2. The van der Waals surface area contributed by atoms with Crippen molar-refractivity contribution in [1.29, 1.82) is 0 Å². The summed E-state index contributed by atoms with van der Waals surface area (Å²) in [5.74, 6) is 0. The largest absolute Gasteiger partial charge is 0.376 e. The fourth-order valence-corrected chi connectivity index (χ4v) is 4.01. The maximum atomic E-state index is 12.6. The second kappa shape index (κ2) is 6.41. The van der Waals surface area contributed by atoms with Gasteiger partial charge < -0.3 is 10.1 Å². The summed E-state index contributed by atoms with van der Waals surface area (Å²) in [6.07, 6.45) is -0.0856. The Hall–Kier alpha value is -0.660. The number of halogens is 1. The Morgan fingerprint density at radius 1 is 1.50 bits per heavy atom. The lowest BCUT2D eigenvalue weighted by atomic mass is 10.2. The molecule has 1 N–H and O–H groups in total. The molecule has 0 aromatic heterocycles. The third-order valence-corrected chi connectivity index (χ3v) is 5.45. The Labute approximate surface area is 124 Å². The van der Waals surface area contributed by atoms with E-state index in [-0.39, 0.29) is 11.0 Å². The van der Waals surface area contributed by atoms with Crippen molar-refractivity contribution >= 4 is 21.6 Å². The Bertz CT molecular complexity index is 577. The third kappa shape index (κ3) is 3.32. The van der Waals surface area contributed by atoms with Crippen molar-refractivity contribution in [2.45, 2.75) is 24.5 Å². The predicted octanol–water partition coefficient (Wildman–Crippen LogP) is 1.47. The molecule has 0 aliphatic carbocycles. The van der Waals surface area contributed by atoms with Crippen molar-refractivity contribution < 1.29 is 13.2 Å². The summed E-state index contributed by atoms with van der Waals surface area (Å²) < 4.78 is 31.9. The maximum Gasteiger partial charge on any atom is 0.243 e. The van der Waals surface area contributed by atoms with Crippen LogP contribution in [-0.2, 0) is 21.3 Å². The molecule has 0 bridgehead atoms. The van der Waals surface area contributed by atoms with E-state index >= 15 is 0 Å². The Morgan fingerprint density at radius 3 is 2.85 bits per heavy atom. The number of benzene rings is 1. The second-order valence-electron chi connectivity index (χ2n) is 4.83. The Kier molecular flexibility index (Phi) is 5.04. The highest BCUT2D eigenvalue weighted by molar-refractivity contribution is 7.89. The van der Waals surface area contributed by atoms with E-state index in [4.69, 9.17) is 16.3 Å². The van der Waals surface area contributed by atoms with Gasteiger partial charge in [0.05, 0.1) is 17.6 Å². The standard InChI is InChI=1S/C13H19ClN2O3S/c1-10-9-16(5-6-19-10)20(17,18)12-4-3-11(8-15-2)13(14)7-12/h3-4,7,10,15H,5-6,8-9H2,1-2H3. The summed E-state index contributed by atoms with van der Waals surface area (Å²) in [7, 11) is -1.69. The lowest BCUT2D eigenvalue weighted by Gasteiger charge is -2.30. The summed E-state index contributed by atoms with van der Waals surface area (Å²) in [6, 6.07) is 4.87. The van der Waals surface area contributed by atoms with Crippen LogP contribution in [0.2, 0.25) is 5.02 Å². The molecule has 20 heavy (non-hydrogen) atoms. The molecule has 5 nitrogen and oxygen atoms in total. The van der Waals surface area contributed by atoms with Crippen LogP contribution in [0.1, 0.15) is 12.5 Å². The zero-order chi connectivity index (χ0) is 14.8. The molecule has 0 radical (unpaired) electrons. The molecule has 1 unspecified atom stereocenters. The third-order valence-electron chi connectivity index (χ3n) is 3.23. The van der Waals surface area contributed by atoms with Crippen LogP contribution in [0.3, 0.4) is 0 Å². The summed E-state index contributed by atoms with van der Waals surface area (Å²) in [4.78, 5) is 0.233. The lowest BCUT2D eigenvalue weighted by molar-refractivity contribution is 0.0102. The first-order chi connectivity index (χ1) is 9.45. The number of nitrogens with one attached hydrogen (secondary N) is 1. The number of sulfonamides is 1. The minimum atomic E-state index is -3.50. The van der Waals surface area contributed by atoms with Crippen LogP contribution in [-0.4, -0.2) is 45.6 Å². The van der Waals surface area contributed by atoms with Crippen LogP contribution in [0.4, 0.5) is 0 Å². The van der Waals surface area contributed by atoms with Crippen molar-refractivity contribution in [3.05, 3.63) is 28.8 Å². The topological polar surface area (TPSA) is 58.6 Å². The molecule has 112 valence electrons. The van der Waals surface area contributed by atoms with Gasteiger partial charge in [-0.25, -0.2) is 8.42 Å². The maximum absolute atomic E-state index is 12.6. The zero-order valence-electron chi connectivity index (χ0n) is 11.6. The van der Waals surface area contributed by atoms with Gasteiger partial charge in [0.2, 0.25) is 10.0 Å². The van der Waals surface area contributed by atoms with Gasteiger partial charge in [0.1, 0.15) is 0 Å². The average molecular weight is 319 g/mol. The highest BCUT2D eigenvalue weighted by Crippen LogP contribution is 2.24. The van der Waals surface area contributed by atoms with Gasteiger partial charge >= 0.3 is 0 Å². The fourth-order valence-electron chi connectivity index (χ4n) is 2.18. The normalized spacial score (nSPS) is 21.1. The van der Waals surface area contributed by atoms with Gasteiger partial charge in [0.25, 0.3) is 0 Å². The molecule has 1 aliphatic heterocycles. The number of hydrogen-bond donors (Lipinski definition) is 1. The van der Waals surface area contributed by atoms with Gasteiger partial charge in [0, 0.05) is 24.7 Å². The molecule has 1 aliphatic rings. The fraction of sp³-hybridized carbons (Fsp3) is 0.538. The van der Waals surface area contributed by atoms with Crippen LogP contribution in [0.5, 0.6) is 0 Å². The van der Waals surface area contributed by atoms with Crippen LogP contribution in [0, 0.1) is 0 Å². The monoisotopic (exact) mass is 318 g/mol. The van der Waals surface area contributed by atoms with Crippen LogP contribution in [0.15, 0.2) is 23.1 Å². The molecule has 7 heteroatoms. The quantitative estimate of drug-likeness (QED) is 0.913. The molecule has 2 rings (SSSR count). The number of morpholine rings is 1. The number of hydrogen-bond acceptors (Lipinski definition) is 4. The summed E-state index contributed by atoms with van der Waals surface area (Å²) in [6.45, 7) is 3.64.